The van der Waals surface area contributed by atoms with Crippen LogP contribution in [0.25, 0.3) is 0 Å². The number of benzene rings is 1. The van der Waals surface area contributed by atoms with E-state index >= 15 is 0 Å². The Morgan fingerprint density at radius 1 is 0.974 bits per heavy atom. The molecule has 2 N–H and O–H groups in total. The number of nitrogens with zero attached hydrogens (tertiary/aromatic N) is 3. The van der Waals surface area contributed by atoms with Crippen LogP contribution in [0.4, 0.5) is 27.4 Å². The normalized spacial score (nSPS) is 22.3. The van der Waals surface area contributed by atoms with Gasteiger partial charge in [-0.1, -0.05) is 6.07 Å². The molecule has 8 nitrogen and oxygen atoms in total. The van der Waals surface area contributed by atoms with Gasteiger partial charge in [-0.2, -0.15) is 0 Å². The maximum absolute atomic E-state index is 13.6. The van der Waals surface area contributed by atoms with Crippen LogP contribution in [0.5, 0.6) is 0 Å². The fraction of sp³-hybridized carbons (Fsp3) is 0.571. The van der Waals surface area contributed by atoms with Gasteiger partial charge in [0.15, 0.2) is 0 Å². The number of rotatable bonds is 7. The summed E-state index contributed by atoms with van der Waals surface area (Å²) in [6.45, 7) is 4.64. The minimum Gasteiger partial charge on any atom is -0.371 e. The molecule has 38 heavy (non-hydrogen) atoms. The molecule has 1 aromatic carbocycles. The van der Waals surface area contributed by atoms with E-state index in [4.69, 9.17) is 0 Å². The van der Waals surface area contributed by atoms with Gasteiger partial charge in [0, 0.05) is 26.2 Å². The van der Waals surface area contributed by atoms with Crippen molar-refractivity contribution in [3.05, 3.63) is 42.0 Å². The number of piperidine rings is 2. The lowest BCUT2D eigenvalue weighted by atomic mass is 9.93. The Hall–Kier alpha value is -2.88. The van der Waals surface area contributed by atoms with Gasteiger partial charge in [-0.05, 0) is 94.0 Å². The number of hydrogen-bond donors (Lipinski definition) is 2. The van der Waals surface area contributed by atoms with Crippen molar-refractivity contribution in [2.45, 2.75) is 69.2 Å². The predicted molar refractivity (Wildman–Crippen MR) is 148 cm³/mol. The van der Waals surface area contributed by atoms with Gasteiger partial charge < -0.3 is 15.1 Å². The molecule has 0 atom stereocenters. The average molecular weight is 542 g/mol. The number of carbonyl (C=O) groups excluding carboxylic acids is 1. The Balaban J connectivity index is 1.24. The van der Waals surface area contributed by atoms with Gasteiger partial charge in [0.2, 0.25) is 10.0 Å². The van der Waals surface area contributed by atoms with Crippen LogP contribution in [0.1, 0.15) is 68.6 Å². The van der Waals surface area contributed by atoms with E-state index in [1.54, 1.807) is 31.2 Å². The topological polar surface area (TPSA) is 94.6 Å². The van der Waals surface area contributed by atoms with Gasteiger partial charge in [0.1, 0.15) is 17.8 Å². The molecule has 6 rings (SSSR count). The summed E-state index contributed by atoms with van der Waals surface area (Å²) < 4.78 is 41.4. The fourth-order valence-corrected chi connectivity index (χ4v) is 6.92. The largest absolute Gasteiger partial charge is 0.371 e. The van der Waals surface area contributed by atoms with Crippen LogP contribution < -0.4 is 19.8 Å². The van der Waals surface area contributed by atoms with E-state index in [1.807, 2.05) is 17.0 Å². The van der Waals surface area contributed by atoms with Crippen molar-refractivity contribution < 1.29 is 17.6 Å². The second-order valence-corrected chi connectivity index (χ2v) is 14.0. The number of hydrogen-bond acceptors (Lipinski definition) is 6. The van der Waals surface area contributed by atoms with E-state index in [-0.39, 0.29) is 5.91 Å². The molecular formula is C28H36FN5O3S. The lowest BCUT2D eigenvalue weighted by Crippen LogP contribution is -2.36. The van der Waals surface area contributed by atoms with Crippen molar-refractivity contribution in [2.75, 3.05) is 46.0 Å². The van der Waals surface area contributed by atoms with Crippen LogP contribution in [0.15, 0.2) is 36.4 Å². The Kier molecular flexibility index (Phi) is 6.28. The molecule has 4 aliphatic rings. The van der Waals surface area contributed by atoms with E-state index in [0.717, 1.165) is 37.4 Å². The third-order valence-electron chi connectivity index (χ3n) is 8.94. The second kappa shape index (κ2) is 9.39. The van der Waals surface area contributed by atoms with Crippen LogP contribution in [-0.4, -0.2) is 56.4 Å². The number of aromatic nitrogens is 1. The highest BCUT2D eigenvalue weighted by atomic mass is 32.2. The molecule has 0 bridgehead atoms. The molecule has 204 valence electrons. The molecule has 3 heterocycles. The molecule has 0 radical (unpaired) electrons. The monoisotopic (exact) mass is 541 g/mol. The zero-order chi connectivity index (χ0) is 26.5. The summed E-state index contributed by atoms with van der Waals surface area (Å²) in [5.41, 5.74) is 2.18. The molecule has 2 aliphatic heterocycles. The van der Waals surface area contributed by atoms with E-state index in [1.165, 1.54) is 12.8 Å². The first-order chi connectivity index (χ1) is 18.2. The highest BCUT2D eigenvalue weighted by Crippen LogP contribution is 2.54. The fourth-order valence-electron chi connectivity index (χ4n) is 5.60. The highest BCUT2D eigenvalue weighted by molar-refractivity contribution is 7.94. The van der Waals surface area contributed by atoms with Crippen LogP contribution in [0, 0.1) is 5.41 Å². The summed E-state index contributed by atoms with van der Waals surface area (Å²) in [4.78, 5) is 22.4. The van der Waals surface area contributed by atoms with Gasteiger partial charge >= 0.3 is 0 Å². The summed E-state index contributed by atoms with van der Waals surface area (Å²) in [6, 6.07) is 10.6. The van der Waals surface area contributed by atoms with E-state index in [0.29, 0.717) is 61.3 Å². The Morgan fingerprint density at radius 3 is 2.34 bits per heavy atom. The molecule has 1 aromatic heterocycles. The number of carbonyl (C=O) groups is 1. The molecule has 1 amide bonds. The summed E-state index contributed by atoms with van der Waals surface area (Å²) in [5.74, 6) is 0.865. The summed E-state index contributed by atoms with van der Waals surface area (Å²) in [6.07, 6.45) is 6.22. The number of amides is 1. The smallest absolute Gasteiger partial charge is 0.258 e. The quantitative estimate of drug-likeness (QED) is 0.515. The minimum atomic E-state index is -3.50. The van der Waals surface area contributed by atoms with Crippen molar-refractivity contribution in [2.24, 2.45) is 5.41 Å². The van der Waals surface area contributed by atoms with Crippen LogP contribution >= 0.6 is 0 Å². The first-order valence-corrected chi connectivity index (χ1v) is 15.2. The van der Waals surface area contributed by atoms with Crippen molar-refractivity contribution >= 4 is 38.9 Å². The van der Waals surface area contributed by atoms with E-state index < -0.39 is 20.9 Å². The lowest BCUT2D eigenvalue weighted by molar-refractivity contribution is 0.102. The molecule has 2 saturated carbocycles. The summed E-state index contributed by atoms with van der Waals surface area (Å²) in [5, 5.41) is 2.94. The third kappa shape index (κ3) is 5.07. The molecule has 2 saturated heterocycles. The van der Waals surface area contributed by atoms with Gasteiger partial charge in [-0.25, -0.2) is 17.8 Å². The van der Waals surface area contributed by atoms with Crippen molar-refractivity contribution in [3.8, 4) is 0 Å². The second-order valence-electron chi connectivity index (χ2n) is 11.8. The van der Waals surface area contributed by atoms with Gasteiger partial charge in [0.05, 0.1) is 21.7 Å². The minimum absolute atomic E-state index is 0.289. The third-order valence-corrected chi connectivity index (χ3v) is 11.2. The predicted octanol–water partition coefficient (Wildman–Crippen LogP) is 4.95. The lowest BCUT2D eigenvalue weighted by Gasteiger charge is -2.35. The first kappa shape index (κ1) is 25.4. The Morgan fingerprint density at radius 2 is 1.68 bits per heavy atom. The number of nitrogens with one attached hydrogen (secondary N) is 2. The number of pyridine rings is 1. The Labute approximate surface area is 224 Å². The SMILES string of the molecule is CC1(S(=O)(=O)Nc2ccc(C(=O)Nc3cccc(N4CCC(F)CC4)n3)c(N3CCC4(CC3)CC4)c2)CC1. The van der Waals surface area contributed by atoms with E-state index in [9.17, 15) is 17.6 Å². The number of sulfonamides is 1. The number of alkyl halides is 1. The molecule has 0 unspecified atom stereocenters. The molecule has 2 aliphatic carbocycles. The van der Waals surface area contributed by atoms with Crippen LogP contribution in [0.3, 0.4) is 0 Å². The standard InChI is InChI=1S/C28H36FN5O3S/c1-27(9-10-27)38(36,37)32-21-5-6-22(23(19-21)33-17-13-28(11-12-28)14-18-33)26(35)31-24-3-2-4-25(30-24)34-15-7-20(29)8-16-34/h2-6,19-20,32H,7-18H2,1H3,(H,30,31,35). The van der Waals surface area contributed by atoms with Crippen molar-refractivity contribution in [3.63, 3.8) is 0 Å². The summed E-state index contributed by atoms with van der Waals surface area (Å²) >= 11 is 0. The van der Waals surface area contributed by atoms with Gasteiger partial charge in [0.25, 0.3) is 5.91 Å². The average Bonchev–Trinajstić information content (AvgIpc) is 3.84. The van der Waals surface area contributed by atoms with Gasteiger partial charge in [-0.3, -0.25) is 9.52 Å². The molecule has 10 heteroatoms. The highest BCUT2D eigenvalue weighted by Gasteiger charge is 2.50. The maximum atomic E-state index is 13.6. The van der Waals surface area contributed by atoms with E-state index in [2.05, 4.69) is 19.9 Å². The molecule has 4 fully saturated rings. The zero-order valence-electron chi connectivity index (χ0n) is 21.9. The molecular weight excluding hydrogens is 505 g/mol. The zero-order valence-corrected chi connectivity index (χ0v) is 22.7. The number of halogens is 1. The maximum Gasteiger partial charge on any atom is 0.258 e. The molecule has 1 spiro atoms. The molecule has 2 aromatic rings. The van der Waals surface area contributed by atoms with Crippen LogP contribution in [-0.2, 0) is 10.0 Å². The van der Waals surface area contributed by atoms with Crippen molar-refractivity contribution in [1.29, 1.82) is 0 Å². The first-order valence-electron chi connectivity index (χ1n) is 13.7. The Bertz CT molecular complexity index is 1320. The van der Waals surface area contributed by atoms with Crippen molar-refractivity contribution in [1.82, 2.24) is 4.98 Å². The summed E-state index contributed by atoms with van der Waals surface area (Å²) in [7, 11) is -3.50. The van der Waals surface area contributed by atoms with Crippen LogP contribution in [0.2, 0.25) is 0 Å². The number of anilines is 4. The van der Waals surface area contributed by atoms with Gasteiger partial charge in [-0.15, -0.1) is 0 Å².